The molecule has 2 amide bonds. The van der Waals surface area contributed by atoms with Crippen LogP contribution in [-0.4, -0.2) is 71.5 Å². The van der Waals surface area contributed by atoms with Gasteiger partial charge in [0.2, 0.25) is 0 Å². The van der Waals surface area contributed by atoms with E-state index in [0.717, 1.165) is 38.8 Å². The number of hydrogen-bond donors (Lipinski definition) is 0. The van der Waals surface area contributed by atoms with Crippen LogP contribution in [0.25, 0.3) is 0 Å². The highest BCUT2D eigenvalue weighted by Gasteiger charge is 2.33. The van der Waals surface area contributed by atoms with E-state index in [2.05, 4.69) is 9.97 Å². The van der Waals surface area contributed by atoms with E-state index in [9.17, 15) is 9.59 Å². The minimum absolute atomic E-state index is 0.00119. The summed E-state index contributed by atoms with van der Waals surface area (Å²) in [5, 5.41) is 0. The fourth-order valence-corrected chi connectivity index (χ4v) is 4.33. The lowest BCUT2D eigenvalue weighted by Crippen LogP contribution is -2.32. The van der Waals surface area contributed by atoms with Crippen LogP contribution in [0.4, 0.5) is 0 Å². The molecule has 2 aliphatic heterocycles. The first-order valence-electron chi connectivity index (χ1n) is 11.2. The Bertz CT molecular complexity index is 957. The maximum Gasteiger partial charge on any atom is 0.257 e. The molecular formula is C24H30N4O4. The van der Waals surface area contributed by atoms with Crippen LogP contribution in [0.5, 0.6) is 5.75 Å². The van der Waals surface area contributed by atoms with Gasteiger partial charge in [-0.05, 0) is 56.9 Å². The number of methoxy groups -OCH3 is 1. The lowest BCUT2D eigenvalue weighted by molar-refractivity contribution is 0.0727. The van der Waals surface area contributed by atoms with Crippen LogP contribution in [0.1, 0.15) is 64.0 Å². The lowest BCUT2D eigenvalue weighted by Gasteiger charge is -2.24. The number of hydrogen-bond acceptors (Lipinski definition) is 6. The molecule has 170 valence electrons. The van der Waals surface area contributed by atoms with Gasteiger partial charge >= 0.3 is 0 Å². The Hall–Kier alpha value is -3.00. The second kappa shape index (κ2) is 10.1. The number of carbonyl (C=O) groups excluding carboxylic acids is 2. The van der Waals surface area contributed by atoms with Crippen LogP contribution in [0.2, 0.25) is 0 Å². The summed E-state index contributed by atoms with van der Waals surface area (Å²) in [5.41, 5.74) is 1.83. The number of benzene rings is 1. The average molecular weight is 439 g/mol. The molecule has 0 unspecified atom stereocenters. The highest BCUT2D eigenvalue weighted by Crippen LogP contribution is 2.32. The van der Waals surface area contributed by atoms with Crippen molar-refractivity contribution < 1.29 is 19.1 Å². The zero-order valence-electron chi connectivity index (χ0n) is 18.7. The molecule has 1 aromatic carbocycles. The van der Waals surface area contributed by atoms with Crippen molar-refractivity contribution in [3.8, 4) is 5.75 Å². The van der Waals surface area contributed by atoms with Gasteiger partial charge in [-0.3, -0.25) is 9.59 Å². The number of ether oxygens (including phenoxy) is 2. The molecule has 1 aromatic heterocycles. The summed E-state index contributed by atoms with van der Waals surface area (Å²) in [4.78, 5) is 38.8. The van der Waals surface area contributed by atoms with Gasteiger partial charge < -0.3 is 19.3 Å². The molecule has 0 spiro atoms. The zero-order valence-corrected chi connectivity index (χ0v) is 18.7. The Kier molecular flexibility index (Phi) is 6.99. The molecule has 0 radical (unpaired) electrons. The molecule has 2 aliphatic rings. The summed E-state index contributed by atoms with van der Waals surface area (Å²) in [5.74, 6) is 1.26. The van der Waals surface area contributed by atoms with E-state index in [1.54, 1.807) is 37.6 Å². The van der Waals surface area contributed by atoms with Gasteiger partial charge in [0, 0.05) is 38.5 Å². The Morgan fingerprint density at radius 3 is 2.47 bits per heavy atom. The van der Waals surface area contributed by atoms with E-state index in [1.807, 2.05) is 16.7 Å². The number of likely N-dealkylation sites (tertiary alicyclic amines) is 2. The molecule has 0 N–H and O–H groups in total. The third kappa shape index (κ3) is 4.75. The highest BCUT2D eigenvalue weighted by atomic mass is 16.5. The third-order valence-electron chi connectivity index (χ3n) is 6.09. The van der Waals surface area contributed by atoms with E-state index in [-0.39, 0.29) is 17.9 Å². The molecule has 2 saturated heterocycles. The van der Waals surface area contributed by atoms with Crippen LogP contribution < -0.4 is 4.74 Å². The third-order valence-corrected chi connectivity index (χ3v) is 6.09. The number of carbonyl (C=O) groups is 2. The number of aromatic nitrogens is 2. The van der Waals surface area contributed by atoms with Crippen LogP contribution in [0.3, 0.4) is 0 Å². The summed E-state index contributed by atoms with van der Waals surface area (Å²) < 4.78 is 10.6. The van der Waals surface area contributed by atoms with Crippen molar-refractivity contribution in [1.29, 1.82) is 0 Å². The number of rotatable bonds is 7. The van der Waals surface area contributed by atoms with E-state index in [1.165, 1.54) is 0 Å². The minimum Gasteiger partial charge on any atom is -0.491 e. The number of nitrogens with zero attached hydrogens (tertiary/aromatic N) is 4. The maximum absolute atomic E-state index is 13.2. The molecule has 1 atom stereocenters. The van der Waals surface area contributed by atoms with E-state index < -0.39 is 0 Å². The second-order valence-electron chi connectivity index (χ2n) is 8.25. The predicted molar refractivity (Wildman–Crippen MR) is 119 cm³/mol. The zero-order chi connectivity index (χ0) is 22.5. The molecule has 3 heterocycles. The monoisotopic (exact) mass is 438 g/mol. The largest absolute Gasteiger partial charge is 0.491 e. The summed E-state index contributed by atoms with van der Waals surface area (Å²) in [6.07, 6.45) is 5.42. The number of aryl methyl sites for hydroxylation is 1. The quantitative estimate of drug-likeness (QED) is 0.618. The van der Waals surface area contributed by atoms with E-state index in [0.29, 0.717) is 48.2 Å². The first-order valence-corrected chi connectivity index (χ1v) is 11.2. The van der Waals surface area contributed by atoms with Gasteiger partial charge in [-0.1, -0.05) is 0 Å². The van der Waals surface area contributed by atoms with Gasteiger partial charge in [-0.2, -0.15) is 0 Å². The number of amides is 2. The molecular weight excluding hydrogens is 408 g/mol. The van der Waals surface area contributed by atoms with Crippen molar-refractivity contribution in [2.75, 3.05) is 40.0 Å². The summed E-state index contributed by atoms with van der Waals surface area (Å²) in [7, 11) is 1.63. The van der Waals surface area contributed by atoms with Gasteiger partial charge in [0.05, 0.1) is 23.9 Å². The Labute approximate surface area is 188 Å². The summed E-state index contributed by atoms with van der Waals surface area (Å²) in [6, 6.07) is 6.98. The first-order chi connectivity index (χ1) is 15.6. The summed E-state index contributed by atoms with van der Waals surface area (Å²) in [6.45, 7) is 5.07. The van der Waals surface area contributed by atoms with Crippen molar-refractivity contribution in [2.24, 2.45) is 0 Å². The standard InChI is InChI=1S/C24H30N4O4/c1-17-20(24(30)27-11-3-4-12-27)16-25-22(26-17)21-6-5-13-28(21)23(29)18-7-9-19(10-8-18)32-15-14-31-2/h7-10,16,21H,3-6,11-15H2,1-2H3/t21-/m1/s1. The molecule has 2 fully saturated rings. The lowest BCUT2D eigenvalue weighted by atomic mass is 10.1. The van der Waals surface area contributed by atoms with Gasteiger partial charge in [-0.15, -0.1) is 0 Å². The smallest absolute Gasteiger partial charge is 0.257 e. The fourth-order valence-electron chi connectivity index (χ4n) is 4.33. The normalized spacial score (nSPS) is 18.2. The molecule has 2 aromatic rings. The minimum atomic E-state index is -0.185. The van der Waals surface area contributed by atoms with Crippen molar-refractivity contribution >= 4 is 11.8 Å². The second-order valence-corrected chi connectivity index (χ2v) is 8.25. The van der Waals surface area contributed by atoms with Crippen molar-refractivity contribution in [2.45, 2.75) is 38.6 Å². The molecule has 8 heteroatoms. The summed E-state index contributed by atoms with van der Waals surface area (Å²) >= 11 is 0. The Morgan fingerprint density at radius 2 is 1.78 bits per heavy atom. The predicted octanol–water partition coefficient (Wildman–Crippen LogP) is 3.02. The highest BCUT2D eigenvalue weighted by molar-refractivity contribution is 5.95. The molecule has 32 heavy (non-hydrogen) atoms. The van der Waals surface area contributed by atoms with E-state index >= 15 is 0 Å². The first kappa shape index (κ1) is 22.2. The topological polar surface area (TPSA) is 84.9 Å². The van der Waals surface area contributed by atoms with Crippen LogP contribution in [0, 0.1) is 6.92 Å². The van der Waals surface area contributed by atoms with Crippen molar-refractivity contribution in [3.63, 3.8) is 0 Å². The van der Waals surface area contributed by atoms with Crippen molar-refractivity contribution in [1.82, 2.24) is 19.8 Å². The molecule has 4 rings (SSSR count). The van der Waals surface area contributed by atoms with Gasteiger partial charge in [0.1, 0.15) is 12.4 Å². The Morgan fingerprint density at radius 1 is 1.03 bits per heavy atom. The fraction of sp³-hybridized carbons (Fsp3) is 0.500. The Balaban J connectivity index is 1.46. The maximum atomic E-state index is 13.2. The van der Waals surface area contributed by atoms with Gasteiger partial charge in [-0.25, -0.2) is 9.97 Å². The van der Waals surface area contributed by atoms with Crippen molar-refractivity contribution in [3.05, 3.63) is 53.1 Å². The molecule has 8 nitrogen and oxygen atoms in total. The molecule has 0 saturated carbocycles. The average Bonchev–Trinajstić information content (AvgIpc) is 3.51. The van der Waals surface area contributed by atoms with Gasteiger partial charge in [0.15, 0.2) is 5.82 Å². The molecule has 0 bridgehead atoms. The van der Waals surface area contributed by atoms with E-state index in [4.69, 9.17) is 9.47 Å². The van der Waals surface area contributed by atoms with Crippen LogP contribution in [-0.2, 0) is 4.74 Å². The van der Waals surface area contributed by atoms with Crippen LogP contribution in [0.15, 0.2) is 30.5 Å². The molecule has 0 aliphatic carbocycles. The van der Waals surface area contributed by atoms with Crippen LogP contribution >= 0.6 is 0 Å². The van der Waals surface area contributed by atoms with Gasteiger partial charge in [0.25, 0.3) is 11.8 Å². The SMILES string of the molecule is COCCOc1ccc(C(=O)N2CCC[C@@H]2c2ncc(C(=O)N3CCCC3)c(C)n2)cc1.